The van der Waals surface area contributed by atoms with Gasteiger partial charge in [-0.05, 0) is 62.1 Å². The highest BCUT2D eigenvalue weighted by Crippen LogP contribution is 2.40. The summed E-state index contributed by atoms with van der Waals surface area (Å²) in [5, 5.41) is 0. The van der Waals surface area contributed by atoms with Crippen LogP contribution in [0.5, 0.6) is 0 Å². The Balaban J connectivity index is 1.43. The Morgan fingerprint density at radius 3 is 2.44 bits per heavy atom. The van der Waals surface area contributed by atoms with Crippen LogP contribution in [0.3, 0.4) is 0 Å². The number of hydrogen-bond acceptors (Lipinski definition) is 5. The summed E-state index contributed by atoms with van der Waals surface area (Å²) < 4.78 is 5.19. The summed E-state index contributed by atoms with van der Waals surface area (Å²) in [7, 11) is 0. The molecule has 3 atom stereocenters. The molecule has 2 amide bonds. The normalized spacial score (nSPS) is 22.1. The van der Waals surface area contributed by atoms with Gasteiger partial charge in [-0.3, -0.25) is 19.3 Å². The second-order valence-electron chi connectivity index (χ2n) is 8.53. The fourth-order valence-corrected chi connectivity index (χ4v) is 4.48. The van der Waals surface area contributed by atoms with Crippen molar-refractivity contribution < 1.29 is 23.9 Å². The lowest BCUT2D eigenvalue weighted by Gasteiger charge is -2.22. The molecule has 1 heterocycles. The van der Waals surface area contributed by atoms with Gasteiger partial charge in [0.25, 0.3) is 0 Å². The Morgan fingerprint density at radius 1 is 1.03 bits per heavy atom. The molecule has 0 N–H and O–H groups in total. The number of fused-ring (bicyclic) bond motifs is 1. The molecule has 164 valence electrons. The fourth-order valence-electron chi connectivity index (χ4n) is 4.48. The number of esters is 1. The Bertz CT molecular complexity index is 1130. The molecule has 4 rings (SSSR count). The first-order valence-corrected chi connectivity index (χ1v) is 10.7. The minimum Gasteiger partial charge on any atom is -0.454 e. The molecule has 0 saturated carbocycles. The van der Waals surface area contributed by atoms with Crippen LogP contribution in [-0.2, 0) is 14.3 Å². The number of ketones is 1. The molecule has 1 aliphatic carbocycles. The highest BCUT2D eigenvalue weighted by Gasteiger charge is 2.50. The largest absolute Gasteiger partial charge is 0.454 e. The first-order valence-electron chi connectivity index (χ1n) is 10.7. The SMILES string of the molecule is Cc1ccc(C)c(C(=O)COC(=O)c2ccc(N3C(=O)[C@@H]4[C@H](C)C=CC[C@H]4C3=O)cc2)c1. The minimum atomic E-state index is -0.638. The van der Waals surface area contributed by atoms with E-state index in [2.05, 4.69) is 0 Å². The molecule has 6 heteroatoms. The van der Waals surface area contributed by atoms with Gasteiger partial charge >= 0.3 is 5.97 Å². The number of carbonyl (C=O) groups excluding carboxylic acids is 4. The molecule has 32 heavy (non-hydrogen) atoms. The molecular formula is C26H25NO5. The zero-order chi connectivity index (χ0) is 23.0. The van der Waals surface area contributed by atoms with Gasteiger partial charge in [-0.1, -0.05) is 36.8 Å². The van der Waals surface area contributed by atoms with E-state index in [4.69, 9.17) is 4.74 Å². The van der Waals surface area contributed by atoms with Crippen LogP contribution < -0.4 is 4.90 Å². The molecule has 0 unspecified atom stereocenters. The van der Waals surface area contributed by atoms with E-state index in [1.807, 2.05) is 45.1 Å². The number of amides is 2. The van der Waals surface area contributed by atoms with Gasteiger partial charge in [0.1, 0.15) is 0 Å². The third kappa shape index (κ3) is 3.88. The zero-order valence-electron chi connectivity index (χ0n) is 18.3. The molecule has 0 radical (unpaired) electrons. The van der Waals surface area contributed by atoms with E-state index < -0.39 is 5.97 Å². The number of rotatable bonds is 5. The summed E-state index contributed by atoms with van der Waals surface area (Å²) in [5.74, 6) is -1.97. The number of anilines is 1. The van der Waals surface area contributed by atoms with Crippen molar-refractivity contribution >= 4 is 29.3 Å². The Kier molecular flexibility index (Phi) is 5.78. The predicted octanol–water partition coefficient (Wildman–Crippen LogP) is 4.04. The van der Waals surface area contributed by atoms with Crippen LogP contribution in [0.4, 0.5) is 5.69 Å². The lowest BCUT2D eigenvalue weighted by molar-refractivity contribution is -0.122. The third-order valence-corrected chi connectivity index (χ3v) is 6.26. The molecular weight excluding hydrogens is 406 g/mol. The predicted molar refractivity (Wildman–Crippen MR) is 119 cm³/mol. The van der Waals surface area contributed by atoms with Crippen molar-refractivity contribution in [2.24, 2.45) is 17.8 Å². The first-order chi connectivity index (χ1) is 15.3. The molecule has 2 aromatic carbocycles. The first kappa shape index (κ1) is 21.7. The smallest absolute Gasteiger partial charge is 0.338 e. The number of imide groups is 1. The third-order valence-electron chi connectivity index (χ3n) is 6.26. The van der Waals surface area contributed by atoms with Gasteiger partial charge in [-0.15, -0.1) is 0 Å². The van der Waals surface area contributed by atoms with Crippen molar-refractivity contribution in [2.75, 3.05) is 11.5 Å². The van der Waals surface area contributed by atoms with Gasteiger partial charge in [0.15, 0.2) is 6.61 Å². The second kappa shape index (κ2) is 8.54. The van der Waals surface area contributed by atoms with Crippen molar-refractivity contribution in [2.45, 2.75) is 27.2 Å². The van der Waals surface area contributed by atoms with Gasteiger partial charge in [-0.2, -0.15) is 0 Å². The molecule has 0 bridgehead atoms. The second-order valence-corrected chi connectivity index (χ2v) is 8.53. The average Bonchev–Trinajstić information content (AvgIpc) is 3.04. The summed E-state index contributed by atoms with van der Waals surface area (Å²) in [6.45, 7) is 5.32. The van der Waals surface area contributed by atoms with Crippen molar-refractivity contribution in [3.05, 3.63) is 76.9 Å². The number of benzene rings is 2. The fraction of sp³-hybridized carbons (Fsp3) is 0.308. The lowest BCUT2D eigenvalue weighted by Crippen LogP contribution is -2.31. The summed E-state index contributed by atoms with van der Waals surface area (Å²) in [5.41, 5.74) is 2.99. The number of aryl methyl sites for hydroxylation is 2. The van der Waals surface area contributed by atoms with Crippen LogP contribution >= 0.6 is 0 Å². The quantitative estimate of drug-likeness (QED) is 0.309. The van der Waals surface area contributed by atoms with Gasteiger partial charge in [0.2, 0.25) is 17.6 Å². The zero-order valence-corrected chi connectivity index (χ0v) is 18.3. The van der Waals surface area contributed by atoms with Gasteiger partial charge in [-0.25, -0.2) is 4.79 Å². The average molecular weight is 431 g/mol. The minimum absolute atomic E-state index is 0.0130. The highest BCUT2D eigenvalue weighted by atomic mass is 16.5. The van der Waals surface area contributed by atoms with E-state index in [1.54, 1.807) is 18.2 Å². The molecule has 1 fully saturated rings. The van der Waals surface area contributed by atoms with E-state index in [0.29, 0.717) is 17.7 Å². The molecule has 0 spiro atoms. The van der Waals surface area contributed by atoms with E-state index >= 15 is 0 Å². The molecule has 1 saturated heterocycles. The van der Waals surface area contributed by atoms with Crippen LogP contribution in [0.1, 0.15) is 45.2 Å². The van der Waals surface area contributed by atoms with Crippen molar-refractivity contribution in [1.82, 2.24) is 0 Å². The van der Waals surface area contributed by atoms with Crippen molar-refractivity contribution in [3.63, 3.8) is 0 Å². The van der Waals surface area contributed by atoms with Gasteiger partial charge in [0.05, 0.1) is 23.1 Å². The number of hydrogen-bond donors (Lipinski definition) is 0. The molecule has 0 aromatic heterocycles. The monoisotopic (exact) mass is 431 g/mol. The van der Waals surface area contributed by atoms with Gasteiger partial charge in [0, 0.05) is 5.56 Å². The van der Waals surface area contributed by atoms with E-state index in [-0.39, 0.29) is 47.5 Å². The molecule has 2 aliphatic rings. The Hall–Kier alpha value is -3.54. The van der Waals surface area contributed by atoms with E-state index in [1.165, 1.54) is 17.0 Å². The van der Waals surface area contributed by atoms with Gasteiger partial charge < -0.3 is 4.74 Å². The maximum atomic E-state index is 12.9. The molecule has 2 aromatic rings. The van der Waals surface area contributed by atoms with Crippen LogP contribution in [-0.4, -0.2) is 30.2 Å². The summed E-state index contributed by atoms with van der Waals surface area (Å²) >= 11 is 0. The summed E-state index contributed by atoms with van der Waals surface area (Å²) in [4.78, 5) is 51.8. The topological polar surface area (TPSA) is 80.8 Å². The Labute approximate surface area is 186 Å². The van der Waals surface area contributed by atoms with E-state index in [9.17, 15) is 19.2 Å². The van der Waals surface area contributed by atoms with Crippen LogP contribution in [0.15, 0.2) is 54.6 Å². The number of Topliss-reactive ketones (excluding diaryl/α,β-unsaturated/α-hetero) is 1. The Morgan fingerprint density at radius 2 is 1.75 bits per heavy atom. The number of carbonyl (C=O) groups is 4. The van der Waals surface area contributed by atoms with Crippen LogP contribution in [0.2, 0.25) is 0 Å². The standard InChI is InChI=1S/C26H25NO5/c1-15-7-8-16(2)21(13-15)22(28)14-32-26(31)18-9-11-19(12-10-18)27-24(29)20-6-4-5-17(3)23(20)25(27)30/h4-5,7-13,17,20,23H,6,14H2,1-3H3/t17-,20-,23-/m1/s1. The molecule has 1 aliphatic heterocycles. The van der Waals surface area contributed by atoms with Crippen LogP contribution in [0.25, 0.3) is 0 Å². The van der Waals surface area contributed by atoms with E-state index in [0.717, 1.165) is 11.1 Å². The lowest BCUT2D eigenvalue weighted by atomic mass is 9.78. The maximum absolute atomic E-state index is 12.9. The number of ether oxygens (including phenoxy) is 1. The summed E-state index contributed by atoms with van der Waals surface area (Å²) in [6.07, 6.45) is 4.50. The maximum Gasteiger partial charge on any atom is 0.338 e. The number of allylic oxidation sites excluding steroid dienone is 2. The van der Waals surface area contributed by atoms with Crippen molar-refractivity contribution in [1.29, 1.82) is 0 Å². The molecule has 6 nitrogen and oxygen atoms in total. The summed E-state index contributed by atoms with van der Waals surface area (Å²) in [6, 6.07) is 11.7. The highest BCUT2D eigenvalue weighted by molar-refractivity contribution is 6.22. The number of nitrogens with zero attached hydrogens (tertiary/aromatic N) is 1. The van der Waals surface area contributed by atoms with Crippen LogP contribution in [0, 0.1) is 31.6 Å². The van der Waals surface area contributed by atoms with Crippen molar-refractivity contribution in [3.8, 4) is 0 Å².